The van der Waals surface area contributed by atoms with Crippen LogP contribution in [0.3, 0.4) is 0 Å². The average Bonchev–Trinajstić information content (AvgIpc) is 2.87. The second kappa shape index (κ2) is 9.14. The number of carbonyl (C=O) groups excluding carboxylic acids is 1. The fourth-order valence-corrected chi connectivity index (χ4v) is 3.18. The molecule has 0 aliphatic carbocycles. The van der Waals surface area contributed by atoms with Gasteiger partial charge in [-0.2, -0.15) is 5.10 Å². The number of benzene rings is 1. The van der Waals surface area contributed by atoms with E-state index in [0.29, 0.717) is 35.5 Å². The van der Waals surface area contributed by atoms with Gasteiger partial charge in [-0.3, -0.25) is 9.69 Å². The van der Waals surface area contributed by atoms with Gasteiger partial charge in [0.2, 0.25) is 0 Å². The van der Waals surface area contributed by atoms with Gasteiger partial charge in [0.05, 0.1) is 17.8 Å². The van der Waals surface area contributed by atoms with Crippen LogP contribution in [0.4, 0.5) is 4.39 Å². The SMILES string of the molecule is CCN(CCNC(=O)c1c(C)nn(Cc2ccc(F)cc2)c1Cl)C(C)C. The van der Waals surface area contributed by atoms with E-state index in [1.165, 1.54) is 12.1 Å². The summed E-state index contributed by atoms with van der Waals surface area (Å²) in [7, 11) is 0. The molecule has 1 aromatic carbocycles. The highest BCUT2D eigenvalue weighted by Gasteiger charge is 2.20. The van der Waals surface area contributed by atoms with E-state index in [1.807, 2.05) is 0 Å². The number of amides is 1. The van der Waals surface area contributed by atoms with E-state index >= 15 is 0 Å². The zero-order valence-electron chi connectivity index (χ0n) is 15.7. The maximum Gasteiger partial charge on any atom is 0.256 e. The summed E-state index contributed by atoms with van der Waals surface area (Å²) in [5.74, 6) is -0.517. The summed E-state index contributed by atoms with van der Waals surface area (Å²) in [6.07, 6.45) is 0. The number of likely N-dealkylation sites (N-methyl/N-ethyl adjacent to an activating group) is 1. The summed E-state index contributed by atoms with van der Waals surface area (Å²) in [5, 5.41) is 7.57. The van der Waals surface area contributed by atoms with Crippen LogP contribution in [0.5, 0.6) is 0 Å². The molecule has 0 saturated heterocycles. The Morgan fingerprint density at radius 1 is 1.35 bits per heavy atom. The second-order valence-corrected chi connectivity index (χ2v) is 6.87. The van der Waals surface area contributed by atoms with E-state index in [0.717, 1.165) is 18.7 Å². The molecule has 0 aliphatic heterocycles. The van der Waals surface area contributed by atoms with Crippen molar-refractivity contribution in [1.29, 1.82) is 0 Å². The van der Waals surface area contributed by atoms with Crippen molar-refractivity contribution in [3.05, 3.63) is 52.1 Å². The van der Waals surface area contributed by atoms with Crippen molar-refractivity contribution in [1.82, 2.24) is 20.0 Å². The molecular weight excluding hydrogens is 355 g/mol. The van der Waals surface area contributed by atoms with Crippen LogP contribution in [0, 0.1) is 12.7 Å². The topological polar surface area (TPSA) is 50.2 Å². The average molecular weight is 381 g/mol. The van der Waals surface area contributed by atoms with Gasteiger partial charge in [0.1, 0.15) is 11.0 Å². The summed E-state index contributed by atoms with van der Waals surface area (Å²) in [5.41, 5.74) is 1.82. The van der Waals surface area contributed by atoms with Gasteiger partial charge in [0.15, 0.2) is 0 Å². The highest BCUT2D eigenvalue weighted by atomic mass is 35.5. The molecule has 2 rings (SSSR count). The van der Waals surface area contributed by atoms with Crippen LogP contribution >= 0.6 is 11.6 Å². The standard InChI is InChI=1S/C19H26ClFN4O/c1-5-24(13(2)3)11-10-22-19(26)17-14(4)23-25(18(17)20)12-15-6-8-16(21)9-7-15/h6-9,13H,5,10-12H2,1-4H3,(H,22,26). The van der Waals surface area contributed by atoms with E-state index in [9.17, 15) is 9.18 Å². The zero-order chi connectivity index (χ0) is 19.3. The number of aryl methyl sites for hydroxylation is 1. The molecule has 1 aromatic heterocycles. The van der Waals surface area contributed by atoms with Crippen LogP contribution < -0.4 is 5.32 Å². The van der Waals surface area contributed by atoms with E-state index in [4.69, 9.17) is 11.6 Å². The van der Waals surface area contributed by atoms with Gasteiger partial charge >= 0.3 is 0 Å². The lowest BCUT2D eigenvalue weighted by atomic mass is 10.2. The van der Waals surface area contributed by atoms with Gasteiger partial charge < -0.3 is 5.32 Å². The molecule has 0 saturated carbocycles. The summed E-state index contributed by atoms with van der Waals surface area (Å²) in [4.78, 5) is 14.8. The van der Waals surface area contributed by atoms with Crippen LogP contribution in [0.25, 0.3) is 0 Å². The first-order valence-electron chi connectivity index (χ1n) is 8.83. The van der Waals surface area contributed by atoms with Gasteiger partial charge in [0.25, 0.3) is 5.91 Å². The summed E-state index contributed by atoms with van der Waals surface area (Å²) < 4.78 is 14.6. The highest BCUT2D eigenvalue weighted by molar-refractivity contribution is 6.33. The van der Waals surface area contributed by atoms with Gasteiger partial charge in [-0.1, -0.05) is 30.7 Å². The van der Waals surface area contributed by atoms with Crippen molar-refractivity contribution >= 4 is 17.5 Å². The Hall–Kier alpha value is -1.92. The molecule has 0 spiro atoms. The maximum atomic E-state index is 13.0. The molecule has 142 valence electrons. The predicted octanol–water partition coefficient (Wildman–Crippen LogP) is 3.49. The van der Waals surface area contributed by atoms with Crippen molar-refractivity contribution in [2.75, 3.05) is 19.6 Å². The summed E-state index contributed by atoms with van der Waals surface area (Å²) >= 11 is 6.38. The minimum atomic E-state index is -0.293. The number of hydrogen-bond acceptors (Lipinski definition) is 3. The Morgan fingerprint density at radius 3 is 2.58 bits per heavy atom. The van der Waals surface area contributed by atoms with E-state index in [-0.39, 0.29) is 11.7 Å². The van der Waals surface area contributed by atoms with Crippen molar-refractivity contribution in [3.8, 4) is 0 Å². The van der Waals surface area contributed by atoms with E-state index in [2.05, 4.69) is 36.1 Å². The monoisotopic (exact) mass is 380 g/mol. The quantitative estimate of drug-likeness (QED) is 0.762. The minimum absolute atomic E-state index is 0.224. The smallest absolute Gasteiger partial charge is 0.256 e. The number of carbonyl (C=O) groups is 1. The fourth-order valence-electron chi connectivity index (χ4n) is 2.86. The highest BCUT2D eigenvalue weighted by Crippen LogP contribution is 2.21. The first-order chi connectivity index (χ1) is 12.3. The lowest BCUT2D eigenvalue weighted by Crippen LogP contribution is -2.38. The van der Waals surface area contributed by atoms with Crippen molar-refractivity contribution in [2.24, 2.45) is 0 Å². The number of nitrogens with zero attached hydrogens (tertiary/aromatic N) is 3. The Kier molecular flexibility index (Phi) is 7.17. The van der Waals surface area contributed by atoms with Gasteiger partial charge in [-0.25, -0.2) is 9.07 Å². The molecule has 1 N–H and O–H groups in total. The Bertz CT molecular complexity index is 743. The molecule has 0 bridgehead atoms. The van der Waals surface area contributed by atoms with Gasteiger partial charge in [-0.15, -0.1) is 0 Å². The fraction of sp³-hybridized carbons (Fsp3) is 0.474. The van der Waals surface area contributed by atoms with E-state index in [1.54, 1.807) is 23.7 Å². The molecule has 5 nitrogen and oxygen atoms in total. The summed E-state index contributed by atoms with van der Waals surface area (Å²) in [6, 6.07) is 6.56. The molecule has 1 heterocycles. The third-order valence-electron chi connectivity index (χ3n) is 4.36. The number of halogens is 2. The molecule has 26 heavy (non-hydrogen) atoms. The molecule has 0 radical (unpaired) electrons. The Labute approximate surface area is 159 Å². The number of hydrogen-bond donors (Lipinski definition) is 1. The second-order valence-electron chi connectivity index (χ2n) is 6.51. The van der Waals surface area contributed by atoms with Gasteiger partial charge in [0, 0.05) is 19.1 Å². The van der Waals surface area contributed by atoms with Crippen LogP contribution in [-0.4, -0.2) is 46.3 Å². The first-order valence-corrected chi connectivity index (χ1v) is 9.20. The molecular formula is C19H26ClFN4O. The molecule has 0 unspecified atom stereocenters. The zero-order valence-corrected chi connectivity index (χ0v) is 16.5. The minimum Gasteiger partial charge on any atom is -0.351 e. The normalized spacial score (nSPS) is 11.4. The largest absolute Gasteiger partial charge is 0.351 e. The van der Waals surface area contributed by atoms with Gasteiger partial charge in [-0.05, 0) is 45.0 Å². The van der Waals surface area contributed by atoms with Crippen LogP contribution in [0.2, 0.25) is 5.15 Å². The number of aromatic nitrogens is 2. The molecule has 1 amide bonds. The molecule has 0 aliphatic rings. The predicted molar refractivity (Wildman–Crippen MR) is 102 cm³/mol. The van der Waals surface area contributed by atoms with Crippen molar-refractivity contribution in [2.45, 2.75) is 40.3 Å². The maximum absolute atomic E-state index is 13.0. The molecule has 0 atom stereocenters. The van der Waals surface area contributed by atoms with E-state index < -0.39 is 0 Å². The lowest BCUT2D eigenvalue weighted by Gasteiger charge is -2.24. The molecule has 2 aromatic rings. The Balaban J connectivity index is 2.04. The third-order valence-corrected chi connectivity index (χ3v) is 4.74. The van der Waals surface area contributed by atoms with Crippen LogP contribution in [0.15, 0.2) is 24.3 Å². The van der Waals surface area contributed by atoms with Crippen LogP contribution in [0.1, 0.15) is 42.4 Å². The van der Waals surface area contributed by atoms with Crippen molar-refractivity contribution in [3.63, 3.8) is 0 Å². The van der Waals surface area contributed by atoms with Crippen LogP contribution in [-0.2, 0) is 6.54 Å². The molecule has 0 fully saturated rings. The third kappa shape index (κ3) is 5.05. The Morgan fingerprint density at radius 2 is 2.00 bits per heavy atom. The number of nitrogens with one attached hydrogen (secondary N) is 1. The summed E-state index contributed by atoms with van der Waals surface area (Å²) in [6.45, 7) is 10.8. The number of rotatable bonds is 8. The lowest BCUT2D eigenvalue weighted by molar-refractivity contribution is 0.0945. The molecule has 7 heteroatoms. The van der Waals surface area contributed by atoms with Crippen molar-refractivity contribution < 1.29 is 9.18 Å². The first kappa shape index (κ1) is 20.4.